The quantitative estimate of drug-likeness (QED) is 0.906. The fraction of sp³-hybridized carbons (Fsp3) is 0.600. The Kier molecular flexibility index (Phi) is 3.78. The van der Waals surface area contributed by atoms with Crippen LogP contribution in [0.5, 0.6) is 0 Å². The zero-order valence-corrected chi connectivity index (χ0v) is 12.1. The monoisotopic (exact) mass is 262 g/mol. The molecule has 1 aromatic rings. The molecule has 2 rings (SSSR count). The van der Waals surface area contributed by atoms with E-state index in [0.29, 0.717) is 17.3 Å². The lowest BCUT2D eigenvalue weighted by atomic mass is 10.0. The summed E-state index contributed by atoms with van der Waals surface area (Å²) in [6.45, 7) is 6.37. The van der Waals surface area contributed by atoms with Gasteiger partial charge >= 0.3 is 5.97 Å². The highest BCUT2D eigenvalue weighted by atomic mass is 16.4. The van der Waals surface area contributed by atoms with Crippen molar-refractivity contribution in [3.8, 4) is 0 Å². The molecule has 4 nitrogen and oxygen atoms in total. The number of carboxylic acid groups (broad SMARTS) is 1. The Labute approximate surface area is 114 Å². The Balaban J connectivity index is 2.46. The molecule has 0 aromatic carbocycles. The van der Waals surface area contributed by atoms with E-state index in [2.05, 4.69) is 25.8 Å². The predicted molar refractivity (Wildman–Crippen MR) is 75.9 cm³/mol. The maximum absolute atomic E-state index is 11.5. The average Bonchev–Trinajstić information content (AvgIpc) is 2.82. The van der Waals surface area contributed by atoms with Crippen LogP contribution in [0.4, 0.5) is 5.82 Å². The average molecular weight is 262 g/mol. The summed E-state index contributed by atoms with van der Waals surface area (Å²) >= 11 is 0. The van der Waals surface area contributed by atoms with Crippen LogP contribution < -0.4 is 4.90 Å². The number of carbonyl (C=O) groups is 1. The van der Waals surface area contributed by atoms with Crippen molar-refractivity contribution in [3.05, 3.63) is 22.9 Å². The summed E-state index contributed by atoms with van der Waals surface area (Å²) < 4.78 is 0. The molecule has 19 heavy (non-hydrogen) atoms. The number of aryl methyl sites for hydroxylation is 2. The van der Waals surface area contributed by atoms with Crippen molar-refractivity contribution in [2.45, 2.75) is 46.1 Å². The van der Waals surface area contributed by atoms with Crippen molar-refractivity contribution in [3.63, 3.8) is 0 Å². The molecule has 0 spiro atoms. The van der Waals surface area contributed by atoms with Crippen molar-refractivity contribution >= 4 is 11.8 Å². The lowest BCUT2D eigenvalue weighted by molar-refractivity contribution is 0.0697. The number of rotatable bonds is 4. The molecule has 0 fully saturated rings. The summed E-state index contributed by atoms with van der Waals surface area (Å²) in [5, 5.41) is 9.40. The standard InChI is InChI=1S/C15H22N2O2/c1-9(2)10(3)17(4)14-12(15(18)19)8-11-6-5-7-13(11)16-14/h8-10H,5-7H2,1-4H3,(H,18,19). The number of anilines is 1. The molecule has 1 N–H and O–H groups in total. The number of hydrogen-bond donors (Lipinski definition) is 1. The summed E-state index contributed by atoms with van der Waals surface area (Å²) in [5.41, 5.74) is 2.50. The van der Waals surface area contributed by atoms with Gasteiger partial charge in [-0.3, -0.25) is 0 Å². The van der Waals surface area contributed by atoms with Gasteiger partial charge in [-0.2, -0.15) is 0 Å². The first-order chi connectivity index (χ1) is 8.91. The van der Waals surface area contributed by atoms with Crippen LogP contribution in [-0.4, -0.2) is 29.1 Å². The van der Waals surface area contributed by atoms with Crippen molar-refractivity contribution < 1.29 is 9.90 Å². The van der Waals surface area contributed by atoms with Gasteiger partial charge < -0.3 is 10.0 Å². The van der Waals surface area contributed by atoms with Crippen LogP contribution in [0.3, 0.4) is 0 Å². The van der Waals surface area contributed by atoms with Crippen molar-refractivity contribution in [2.75, 3.05) is 11.9 Å². The van der Waals surface area contributed by atoms with Gasteiger partial charge in [0.05, 0.1) is 0 Å². The summed E-state index contributed by atoms with van der Waals surface area (Å²) in [7, 11) is 1.93. The number of aromatic carboxylic acids is 1. The summed E-state index contributed by atoms with van der Waals surface area (Å²) in [5.74, 6) is 0.163. The molecule has 1 unspecified atom stereocenters. The Morgan fingerprint density at radius 3 is 2.63 bits per heavy atom. The number of pyridine rings is 1. The molecule has 0 bridgehead atoms. The van der Waals surface area contributed by atoms with E-state index in [-0.39, 0.29) is 6.04 Å². The van der Waals surface area contributed by atoms with Crippen LogP contribution >= 0.6 is 0 Å². The molecule has 0 aliphatic heterocycles. The summed E-state index contributed by atoms with van der Waals surface area (Å²) in [6, 6.07) is 2.07. The SMILES string of the molecule is CC(C)C(C)N(C)c1nc2c(cc1C(=O)O)CCC2. The van der Waals surface area contributed by atoms with Gasteiger partial charge in [-0.15, -0.1) is 0 Å². The minimum absolute atomic E-state index is 0.255. The highest BCUT2D eigenvalue weighted by Crippen LogP contribution is 2.28. The Morgan fingerprint density at radius 2 is 2.05 bits per heavy atom. The minimum atomic E-state index is -0.889. The van der Waals surface area contributed by atoms with Crippen molar-refractivity contribution in [1.82, 2.24) is 4.98 Å². The second kappa shape index (κ2) is 5.19. The second-order valence-electron chi connectivity index (χ2n) is 5.72. The first-order valence-electron chi connectivity index (χ1n) is 6.90. The normalized spacial score (nSPS) is 15.4. The number of hydrogen-bond acceptors (Lipinski definition) is 3. The number of fused-ring (bicyclic) bond motifs is 1. The third kappa shape index (κ3) is 2.57. The maximum atomic E-state index is 11.5. The number of nitrogens with zero attached hydrogens (tertiary/aromatic N) is 2. The second-order valence-corrected chi connectivity index (χ2v) is 5.72. The lowest BCUT2D eigenvalue weighted by Gasteiger charge is -2.30. The molecule has 104 valence electrons. The Morgan fingerprint density at radius 1 is 1.37 bits per heavy atom. The minimum Gasteiger partial charge on any atom is -0.478 e. The van der Waals surface area contributed by atoms with E-state index in [1.54, 1.807) is 0 Å². The molecule has 0 saturated heterocycles. The van der Waals surface area contributed by atoms with Crippen molar-refractivity contribution in [2.24, 2.45) is 5.92 Å². The van der Waals surface area contributed by atoms with E-state index in [1.807, 2.05) is 18.0 Å². The first kappa shape index (κ1) is 13.8. The first-order valence-corrected chi connectivity index (χ1v) is 6.90. The van der Waals surface area contributed by atoms with Gasteiger partial charge in [0.2, 0.25) is 0 Å². The van der Waals surface area contributed by atoms with Crippen molar-refractivity contribution in [1.29, 1.82) is 0 Å². The lowest BCUT2D eigenvalue weighted by Crippen LogP contribution is -2.35. The van der Waals surface area contributed by atoms with E-state index >= 15 is 0 Å². The molecule has 1 atom stereocenters. The largest absolute Gasteiger partial charge is 0.478 e. The molecular weight excluding hydrogens is 240 g/mol. The molecule has 0 amide bonds. The third-order valence-electron chi connectivity index (χ3n) is 4.17. The Bertz CT molecular complexity index is 497. The van der Waals surface area contributed by atoms with Gasteiger partial charge in [0.25, 0.3) is 0 Å². The number of aromatic nitrogens is 1. The van der Waals surface area contributed by atoms with Crippen LogP contribution in [0.25, 0.3) is 0 Å². The molecule has 1 aromatic heterocycles. The van der Waals surface area contributed by atoms with Gasteiger partial charge in [-0.1, -0.05) is 13.8 Å². The predicted octanol–water partition coefficient (Wildman–Crippen LogP) is 2.75. The third-order valence-corrected chi connectivity index (χ3v) is 4.17. The smallest absolute Gasteiger partial charge is 0.339 e. The number of carboxylic acids is 1. The molecule has 1 heterocycles. The van der Waals surface area contributed by atoms with E-state index in [4.69, 9.17) is 0 Å². The molecule has 1 aliphatic carbocycles. The topological polar surface area (TPSA) is 53.4 Å². The van der Waals surface area contributed by atoms with Crippen LogP contribution in [-0.2, 0) is 12.8 Å². The van der Waals surface area contributed by atoms with E-state index in [9.17, 15) is 9.90 Å². The highest BCUT2D eigenvalue weighted by Gasteiger charge is 2.24. The molecular formula is C15H22N2O2. The van der Waals surface area contributed by atoms with Crippen LogP contribution in [0.15, 0.2) is 6.07 Å². The molecule has 1 aliphatic rings. The maximum Gasteiger partial charge on any atom is 0.339 e. The van der Waals surface area contributed by atoms with E-state index in [1.165, 1.54) is 0 Å². The van der Waals surface area contributed by atoms with Crippen LogP contribution in [0.2, 0.25) is 0 Å². The van der Waals surface area contributed by atoms with Gasteiger partial charge in [0, 0.05) is 18.8 Å². The Hall–Kier alpha value is -1.58. The molecule has 0 saturated carbocycles. The molecule has 4 heteroatoms. The van der Waals surface area contributed by atoms with Gasteiger partial charge in [-0.05, 0) is 43.7 Å². The zero-order valence-electron chi connectivity index (χ0n) is 12.1. The van der Waals surface area contributed by atoms with E-state index in [0.717, 1.165) is 30.5 Å². The van der Waals surface area contributed by atoms with Crippen LogP contribution in [0, 0.1) is 5.92 Å². The summed E-state index contributed by atoms with van der Waals surface area (Å²) in [6.07, 6.45) is 2.99. The van der Waals surface area contributed by atoms with E-state index < -0.39 is 5.97 Å². The van der Waals surface area contributed by atoms with Gasteiger partial charge in [0.15, 0.2) is 0 Å². The molecule has 0 radical (unpaired) electrons. The van der Waals surface area contributed by atoms with Gasteiger partial charge in [0.1, 0.15) is 11.4 Å². The summed E-state index contributed by atoms with van der Waals surface area (Å²) in [4.78, 5) is 18.1. The van der Waals surface area contributed by atoms with Crippen LogP contribution in [0.1, 0.15) is 48.8 Å². The van der Waals surface area contributed by atoms with Gasteiger partial charge in [-0.25, -0.2) is 9.78 Å². The zero-order chi connectivity index (χ0) is 14.2. The fourth-order valence-corrected chi connectivity index (χ4v) is 2.53. The fourth-order valence-electron chi connectivity index (χ4n) is 2.53. The highest BCUT2D eigenvalue weighted by molar-refractivity contribution is 5.93.